The molecule has 0 radical (unpaired) electrons. The normalized spacial score (nSPS) is 12.2. The minimum Gasteiger partial charge on any atom is -0.151 e. The number of rotatable bonds is 5. The molecule has 0 N–H and O–H groups in total. The van der Waals surface area contributed by atoms with Crippen molar-refractivity contribution in [2.45, 2.75) is 33.6 Å². The van der Waals surface area contributed by atoms with E-state index in [1.165, 1.54) is 5.57 Å². The molecule has 0 spiro atoms. The molecule has 0 amide bonds. The summed E-state index contributed by atoms with van der Waals surface area (Å²) in [5.41, 5.74) is 1.42. The first-order valence-electron chi connectivity index (χ1n) is 4.16. The summed E-state index contributed by atoms with van der Waals surface area (Å²) in [4.78, 5) is 9.78. The molecule has 0 unspecified atom stereocenters. The van der Waals surface area contributed by atoms with Crippen LogP contribution < -0.4 is 0 Å². The molecule has 0 saturated carbocycles. The summed E-state index contributed by atoms with van der Waals surface area (Å²) in [5.74, 6) is 0.603. The molecule has 0 aliphatic heterocycles. The van der Waals surface area contributed by atoms with Crippen LogP contribution in [0.4, 0.5) is 0 Å². The molecule has 0 bridgehead atoms. The summed E-state index contributed by atoms with van der Waals surface area (Å²) in [6.07, 6.45) is 4.04. The van der Waals surface area contributed by atoms with Crippen LogP contribution in [0.3, 0.4) is 0 Å². The molecule has 0 atom stereocenters. The van der Waals surface area contributed by atoms with E-state index >= 15 is 0 Å². The van der Waals surface area contributed by atoms with Crippen LogP contribution in [0, 0.1) is 10.8 Å². The van der Waals surface area contributed by atoms with Crippen LogP contribution in [0.15, 0.2) is 16.8 Å². The average Bonchev–Trinajstić information content (AvgIpc) is 1.97. The highest BCUT2D eigenvalue weighted by Crippen LogP contribution is 2.15. The average molecular weight is 155 g/mol. The minimum absolute atomic E-state index is 0.448. The number of nitrogens with zero attached hydrogens (tertiary/aromatic N) is 1. The highest BCUT2D eigenvalue weighted by molar-refractivity contribution is 5.02. The fraction of sp³-hybridized carbons (Fsp3) is 0.778. The predicted octanol–water partition coefficient (Wildman–Crippen LogP) is 3.14. The van der Waals surface area contributed by atoms with Gasteiger partial charge in [0, 0.05) is 0 Å². The van der Waals surface area contributed by atoms with Gasteiger partial charge >= 0.3 is 0 Å². The third-order valence-electron chi connectivity index (χ3n) is 1.83. The molecule has 64 valence electrons. The maximum absolute atomic E-state index is 9.78. The van der Waals surface area contributed by atoms with E-state index in [1.54, 1.807) is 0 Å². The molecule has 0 rings (SSSR count). The Morgan fingerprint density at radius 1 is 1.55 bits per heavy atom. The second-order valence-corrected chi connectivity index (χ2v) is 2.97. The van der Waals surface area contributed by atoms with Gasteiger partial charge in [0.1, 0.15) is 0 Å². The molecular formula is C9H17NO. The van der Waals surface area contributed by atoms with Gasteiger partial charge in [-0.25, -0.2) is 0 Å². The Bertz CT molecular complexity index is 138. The van der Waals surface area contributed by atoms with Gasteiger partial charge in [0.2, 0.25) is 0 Å². The Morgan fingerprint density at radius 3 is 2.55 bits per heavy atom. The van der Waals surface area contributed by atoms with Crippen LogP contribution in [-0.4, -0.2) is 6.54 Å². The van der Waals surface area contributed by atoms with Gasteiger partial charge in [-0.2, -0.15) is 4.91 Å². The van der Waals surface area contributed by atoms with E-state index < -0.39 is 0 Å². The highest BCUT2D eigenvalue weighted by Gasteiger charge is 2.00. The van der Waals surface area contributed by atoms with Gasteiger partial charge in [-0.15, -0.1) is 0 Å². The van der Waals surface area contributed by atoms with Gasteiger partial charge in [0.05, 0.1) is 6.54 Å². The van der Waals surface area contributed by atoms with Gasteiger partial charge < -0.3 is 0 Å². The van der Waals surface area contributed by atoms with Crippen LogP contribution in [0.2, 0.25) is 0 Å². The Hall–Kier alpha value is -0.660. The summed E-state index contributed by atoms with van der Waals surface area (Å²) in [6, 6.07) is 0. The fourth-order valence-corrected chi connectivity index (χ4v) is 1.11. The SMILES string of the molecule is C/C=C(/CCCN=O)C(C)C. The van der Waals surface area contributed by atoms with Crippen molar-refractivity contribution >= 4 is 0 Å². The zero-order valence-electron chi connectivity index (χ0n) is 7.63. The van der Waals surface area contributed by atoms with Crippen LogP contribution in [0.25, 0.3) is 0 Å². The molecule has 2 nitrogen and oxygen atoms in total. The summed E-state index contributed by atoms with van der Waals surface area (Å²) >= 11 is 0. The number of nitroso groups, excluding NO2 is 1. The fourth-order valence-electron chi connectivity index (χ4n) is 1.11. The molecule has 0 heterocycles. The summed E-state index contributed by atoms with van der Waals surface area (Å²) in [5, 5.41) is 2.82. The molecule has 0 aromatic rings. The van der Waals surface area contributed by atoms with Crippen molar-refractivity contribution in [1.29, 1.82) is 0 Å². The standard InChI is InChI=1S/C9H17NO/c1-4-9(8(2)3)6-5-7-10-11/h4,8H,5-7H2,1-3H3/b9-4-. The van der Waals surface area contributed by atoms with Crippen LogP contribution in [-0.2, 0) is 0 Å². The zero-order chi connectivity index (χ0) is 8.69. The zero-order valence-corrected chi connectivity index (χ0v) is 7.63. The smallest absolute Gasteiger partial charge is 0.0814 e. The number of hydrogen-bond donors (Lipinski definition) is 0. The predicted molar refractivity (Wildman–Crippen MR) is 48.5 cm³/mol. The summed E-state index contributed by atoms with van der Waals surface area (Å²) in [6.45, 7) is 6.83. The summed E-state index contributed by atoms with van der Waals surface area (Å²) in [7, 11) is 0. The van der Waals surface area contributed by atoms with Crippen molar-refractivity contribution in [3.63, 3.8) is 0 Å². The van der Waals surface area contributed by atoms with Gasteiger partial charge in [0.25, 0.3) is 0 Å². The van der Waals surface area contributed by atoms with E-state index in [2.05, 4.69) is 25.1 Å². The molecule has 11 heavy (non-hydrogen) atoms. The lowest BCUT2D eigenvalue weighted by molar-refractivity contribution is 0.684. The lowest BCUT2D eigenvalue weighted by Gasteiger charge is -2.08. The van der Waals surface area contributed by atoms with Gasteiger partial charge in [-0.05, 0) is 25.7 Å². The quantitative estimate of drug-likeness (QED) is 0.340. The van der Waals surface area contributed by atoms with E-state index in [0.29, 0.717) is 12.5 Å². The summed E-state index contributed by atoms with van der Waals surface area (Å²) < 4.78 is 0. The Labute approximate surface area is 68.7 Å². The van der Waals surface area contributed by atoms with Crippen molar-refractivity contribution in [1.82, 2.24) is 0 Å². The van der Waals surface area contributed by atoms with Gasteiger partial charge in [0.15, 0.2) is 0 Å². The lowest BCUT2D eigenvalue weighted by atomic mass is 9.98. The molecule has 0 saturated heterocycles. The molecule has 2 heteroatoms. The van der Waals surface area contributed by atoms with E-state index in [9.17, 15) is 4.91 Å². The van der Waals surface area contributed by atoms with Gasteiger partial charge in [-0.3, -0.25) is 0 Å². The van der Waals surface area contributed by atoms with Crippen molar-refractivity contribution < 1.29 is 0 Å². The van der Waals surface area contributed by atoms with E-state index in [1.807, 2.05) is 6.92 Å². The van der Waals surface area contributed by atoms with Crippen LogP contribution >= 0.6 is 0 Å². The molecule has 0 aromatic heterocycles. The largest absolute Gasteiger partial charge is 0.151 e. The van der Waals surface area contributed by atoms with Crippen LogP contribution in [0.1, 0.15) is 33.6 Å². The Kier molecular flexibility index (Phi) is 5.71. The van der Waals surface area contributed by atoms with Crippen molar-refractivity contribution in [3.8, 4) is 0 Å². The topological polar surface area (TPSA) is 29.4 Å². The number of allylic oxidation sites excluding steroid dienone is 2. The maximum atomic E-state index is 9.78. The highest BCUT2D eigenvalue weighted by atomic mass is 16.3. The molecular weight excluding hydrogens is 138 g/mol. The molecule has 0 aliphatic rings. The molecule has 0 aliphatic carbocycles. The van der Waals surface area contributed by atoms with E-state index in [0.717, 1.165) is 12.8 Å². The van der Waals surface area contributed by atoms with Crippen molar-refractivity contribution in [2.75, 3.05) is 6.54 Å². The maximum Gasteiger partial charge on any atom is 0.0814 e. The number of hydrogen-bond acceptors (Lipinski definition) is 2. The Morgan fingerprint density at radius 2 is 2.18 bits per heavy atom. The van der Waals surface area contributed by atoms with Gasteiger partial charge in [-0.1, -0.05) is 30.7 Å². The first kappa shape index (κ1) is 10.3. The van der Waals surface area contributed by atoms with E-state index in [-0.39, 0.29) is 0 Å². The lowest BCUT2D eigenvalue weighted by Crippen LogP contribution is -1.94. The van der Waals surface area contributed by atoms with E-state index in [4.69, 9.17) is 0 Å². The minimum atomic E-state index is 0.448. The third-order valence-corrected chi connectivity index (χ3v) is 1.83. The second-order valence-electron chi connectivity index (χ2n) is 2.97. The Balaban J connectivity index is 3.62. The monoisotopic (exact) mass is 155 g/mol. The molecule has 0 fully saturated rings. The van der Waals surface area contributed by atoms with Crippen LogP contribution in [0.5, 0.6) is 0 Å². The second kappa shape index (κ2) is 6.08. The van der Waals surface area contributed by atoms with Crippen molar-refractivity contribution in [2.24, 2.45) is 11.1 Å². The first-order chi connectivity index (χ1) is 5.22. The third kappa shape index (κ3) is 4.71. The molecule has 0 aromatic carbocycles. The van der Waals surface area contributed by atoms with Crippen molar-refractivity contribution in [3.05, 3.63) is 16.6 Å². The first-order valence-corrected chi connectivity index (χ1v) is 4.16.